The molecule has 2 aromatic heterocycles. The maximum atomic E-state index is 12.3. The van der Waals surface area contributed by atoms with Crippen molar-refractivity contribution in [3.8, 4) is 5.75 Å². The maximum Gasteiger partial charge on any atom is 0.340 e. The van der Waals surface area contributed by atoms with Gasteiger partial charge in [0.15, 0.2) is 11.7 Å². The number of phenolic OH excluding ortho intramolecular Hbond substituents is 1. The lowest BCUT2D eigenvalue weighted by Crippen LogP contribution is -2.35. The lowest BCUT2D eigenvalue weighted by Gasteiger charge is -2.17. The van der Waals surface area contributed by atoms with Crippen molar-refractivity contribution in [1.82, 2.24) is 19.7 Å². The van der Waals surface area contributed by atoms with Crippen LogP contribution in [-0.2, 0) is 4.74 Å². The Hall–Kier alpha value is -3.86. The van der Waals surface area contributed by atoms with Crippen LogP contribution in [0, 0.1) is 0 Å². The van der Waals surface area contributed by atoms with Crippen LogP contribution in [-0.4, -0.2) is 49.3 Å². The summed E-state index contributed by atoms with van der Waals surface area (Å²) in [5.74, 6) is 5.77. The zero-order valence-corrected chi connectivity index (χ0v) is 16.9. The van der Waals surface area contributed by atoms with Gasteiger partial charge in [-0.15, -0.1) is 5.10 Å². The normalized spacial score (nSPS) is 11.7. The van der Waals surface area contributed by atoms with Gasteiger partial charge >= 0.3 is 5.97 Å². The molecule has 0 saturated heterocycles. The first-order chi connectivity index (χ1) is 14.3. The molecular formula is C19H24N8O3. The molecule has 0 atom stereocenters. The fourth-order valence-electron chi connectivity index (χ4n) is 2.69. The molecule has 3 aromatic rings. The predicted octanol–water partition coefficient (Wildman–Crippen LogP) is 1.56. The number of nitrogens with two attached hydrogens (primary N) is 2. The van der Waals surface area contributed by atoms with Gasteiger partial charge in [-0.2, -0.15) is 5.10 Å². The first kappa shape index (κ1) is 20.9. The molecule has 30 heavy (non-hydrogen) atoms. The van der Waals surface area contributed by atoms with E-state index in [-0.39, 0.29) is 24.2 Å². The molecule has 11 nitrogen and oxygen atoms in total. The van der Waals surface area contributed by atoms with Crippen LogP contribution in [0.3, 0.4) is 0 Å². The molecule has 3 rings (SSSR count). The Labute approximate surface area is 172 Å². The van der Waals surface area contributed by atoms with Gasteiger partial charge in [0.05, 0.1) is 18.2 Å². The number of hydrogen-bond donors (Lipinski definition) is 4. The molecule has 0 radical (unpaired) electrons. The second-order valence-electron chi connectivity index (χ2n) is 6.70. The van der Waals surface area contributed by atoms with E-state index in [1.54, 1.807) is 25.3 Å². The van der Waals surface area contributed by atoms with Gasteiger partial charge in [-0.1, -0.05) is 0 Å². The number of benzene rings is 1. The largest absolute Gasteiger partial charge is 0.508 e. The van der Waals surface area contributed by atoms with Crippen molar-refractivity contribution in [2.75, 3.05) is 11.9 Å². The van der Waals surface area contributed by atoms with Crippen molar-refractivity contribution in [3.63, 3.8) is 0 Å². The van der Waals surface area contributed by atoms with Crippen LogP contribution in [0.1, 0.15) is 36.7 Å². The van der Waals surface area contributed by atoms with Crippen LogP contribution in [0.5, 0.6) is 5.75 Å². The van der Waals surface area contributed by atoms with E-state index < -0.39 is 5.97 Å². The van der Waals surface area contributed by atoms with E-state index in [0.29, 0.717) is 28.1 Å². The number of esters is 1. The fourth-order valence-corrected chi connectivity index (χ4v) is 2.69. The Morgan fingerprint density at radius 1 is 1.40 bits per heavy atom. The quantitative estimate of drug-likeness (QED) is 0.149. The third-order valence-corrected chi connectivity index (χ3v) is 4.18. The molecule has 0 aliphatic carbocycles. The Kier molecular flexibility index (Phi) is 6.02. The van der Waals surface area contributed by atoms with Gasteiger partial charge in [0.25, 0.3) is 0 Å². The number of carbonyl (C=O) groups is 1. The number of rotatable bonds is 7. The number of amidine groups is 1. The smallest absolute Gasteiger partial charge is 0.340 e. The van der Waals surface area contributed by atoms with E-state index in [9.17, 15) is 9.90 Å². The average molecular weight is 412 g/mol. The summed E-state index contributed by atoms with van der Waals surface area (Å²) in [6, 6.07) is 6.19. The van der Waals surface area contributed by atoms with E-state index in [4.69, 9.17) is 16.3 Å². The van der Waals surface area contributed by atoms with Crippen LogP contribution in [0.2, 0.25) is 0 Å². The Balaban J connectivity index is 1.99. The molecule has 158 valence electrons. The molecule has 2 heterocycles. The second-order valence-corrected chi connectivity index (χ2v) is 6.70. The highest BCUT2D eigenvalue weighted by Crippen LogP contribution is 2.26. The number of hydrogen-bond acceptors (Lipinski definition) is 9. The number of nitrogens with one attached hydrogen (secondary N) is 1. The van der Waals surface area contributed by atoms with Gasteiger partial charge in [-0.05, 0) is 39.0 Å². The molecule has 0 unspecified atom stereocenters. The number of anilines is 2. The van der Waals surface area contributed by atoms with Crippen molar-refractivity contribution < 1.29 is 14.6 Å². The number of phenols is 1. The van der Waals surface area contributed by atoms with E-state index in [1.165, 1.54) is 28.1 Å². The molecule has 0 amide bonds. The summed E-state index contributed by atoms with van der Waals surface area (Å²) in [5, 5.41) is 22.7. The van der Waals surface area contributed by atoms with Gasteiger partial charge in [0.2, 0.25) is 0 Å². The molecule has 11 heteroatoms. The van der Waals surface area contributed by atoms with Crippen molar-refractivity contribution in [3.05, 3.63) is 47.9 Å². The van der Waals surface area contributed by atoms with Gasteiger partial charge < -0.3 is 20.9 Å². The van der Waals surface area contributed by atoms with E-state index in [0.717, 1.165) is 0 Å². The summed E-state index contributed by atoms with van der Waals surface area (Å²) in [5.41, 5.74) is 7.73. The number of nitrogens with zero attached hydrogens (tertiary/aromatic N) is 5. The van der Waals surface area contributed by atoms with E-state index in [2.05, 4.69) is 20.5 Å². The minimum Gasteiger partial charge on any atom is -0.508 e. The van der Waals surface area contributed by atoms with Gasteiger partial charge in [-0.3, -0.25) is 0 Å². The standard InChI is InChI=1S/C19H24N8O3/c1-4-30-19(29)15-5-6-26-16(15)18(22-10-23-26)24-13-7-12(8-14(28)9-13)17(20)25-27(21)11(2)3/h5-11,28H,4,21H2,1-3H3,(H2,20,25)(H,22,23,24). The highest BCUT2D eigenvalue weighted by molar-refractivity contribution is 6.01. The third kappa shape index (κ3) is 4.41. The highest BCUT2D eigenvalue weighted by atomic mass is 16.5. The monoisotopic (exact) mass is 412 g/mol. The summed E-state index contributed by atoms with van der Waals surface area (Å²) in [7, 11) is 0. The van der Waals surface area contributed by atoms with Crippen molar-refractivity contribution in [2.24, 2.45) is 16.7 Å². The first-order valence-corrected chi connectivity index (χ1v) is 9.29. The molecule has 6 N–H and O–H groups in total. The number of ether oxygens (including phenoxy) is 1. The maximum absolute atomic E-state index is 12.3. The number of aromatic nitrogens is 3. The van der Waals surface area contributed by atoms with Crippen LogP contribution >= 0.6 is 0 Å². The van der Waals surface area contributed by atoms with Gasteiger partial charge in [-0.25, -0.2) is 25.3 Å². The molecule has 0 fully saturated rings. The molecule has 0 aliphatic rings. The number of carbonyl (C=O) groups excluding carboxylic acids is 1. The predicted molar refractivity (Wildman–Crippen MR) is 112 cm³/mol. The molecule has 0 saturated carbocycles. The molecule has 0 spiro atoms. The van der Waals surface area contributed by atoms with Crippen molar-refractivity contribution >= 4 is 28.8 Å². The number of hydrazine groups is 1. The Bertz CT molecular complexity index is 1090. The summed E-state index contributed by atoms with van der Waals surface area (Å²) in [6.07, 6.45) is 2.98. The lowest BCUT2D eigenvalue weighted by atomic mass is 10.1. The minimum atomic E-state index is -0.484. The fraction of sp³-hybridized carbons (Fsp3) is 0.263. The Morgan fingerprint density at radius 3 is 2.87 bits per heavy atom. The van der Waals surface area contributed by atoms with Crippen LogP contribution in [0.15, 0.2) is 41.9 Å². The van der Waals surface area contributed by atoms with Crippen molar-refractivity contribution in [1.29, 1.82) is 0 Å². The summed E-state index contributed by atoms with van der Waals surface area (Å²) >= 11 is 0. The lowest BCUT2D eigenvalue weighted by molar-refractivity contribution is 0.0528. The Morgan fingerprint density at radius 2 is 2.17 bits per heavy atom. The SMILES string of the molecule is CCOC(=O)c1ccn2ncnc(Nc3cc(O)cc(/C(N)=N/N(N)C(C)C)c3)c12. The van der Waals surface area contributed by atoms with E-state index in [1.807, 2.05) is 13.8 Å². The second kappa shape index (κ2) is 8.66. The van der Waals surface area contributed by atoms with Crippen LogP contribution < -0.4 is 16.9 Å². The van der Waals surface area contributed by atoms with E-state index >= 15 is 0 Å². The third-order valence-electron chi connectivity index (χ3n) is 4.18. The van der Waals surface area contributed by atoms with Crippen LogP contribution in [0.4, 0.5) is 11.5 Å². The molecule has 0 bridgehead atoms. The summed E-state index contributed by atoms with van der Waals surface area (Å²) in [4.78, 5) is 16.5. The van der Waals surface area contributed by atoms with Crippen molar-refractivity contribution in [2.45, 2.75) is 26.8 Å². The molecular weight excluding hydrogens is 388 g/mol. The molecule has 0 aliphatic heterocycles. The molecule has 1 aromatic carbocycles. The van der Waals surface area contributed by atoms with Gasteiger partial charge in [0.1, 0.15) is 17.6 Å². The zero-order chi connectivity index (χ0) is 21.8. The first-order valence-electron chi connectivity index (χ1n) is 9.29. The minimum absolute atomic E-state index is 0.0349. The number of hydrazone groups is 1. The highest BCUT2D eigenvalue weighted by Gasteiger charge is 2.18. The summed E-state index contributed by atoms with van der Waals surface area (Å²) in [6.45, 7) is 5.71. The van der Waals surface area contributed by atoms with Gasteiger partial charge in [0, 0.05) is 23.5 Å². The summed E-state index contributed by atoms with van der Waals surface area (Å²) < 4.78 is 6.61. The number of fused-ring (bicyclic) bond motifs is 1. The number of aromatic hydroxyl groups is 1. The average Bonchev–Trinajstić information content (AvgIpc) is 3.13. The van der Waals surface area contributed by atoms with Crippen LogP contribution in [0.25, 0.3) is 5.52 Å². The topological polar surface area (TPSA) is 156 Å². The zero-order valence-electron chi connectivity index (χ0n) is 16.9.